The van der Waals surface area contributed by atoms with Gasteiger partial charge in [-0.05, 0) is 29.9 Å². The van der Waals surface area contributed by atoms with Crippen LogP contribution in [0, 0.1) is 0 Å². The van der Waals surface area contributed by atoms with Gasteiger partial charge in [0.05, 0.1) is 6.04 Å². The molecule has 0 amide bonds. The summed E-state index contributed by atoms with van der Waals surface area (Å²) >= 11 is 1.67. The van der Waals surface area contributed by atoms with Gasteiger partial charge in [0.2, 0.25) is 0 Å². The summed E-state index contributed by atoms with van der Waals surface area (Å²) < 4.78 is 0. The zero-order valence-electron chi connectivity index (χ0n) is 11.2. The number of benzene rings is 1. The van der Waals surface area contributed by atoms with Gasteiger partial charge in [0.15, 0.2) is 5.17 Å². The van der Waals surface area contributed by atoms with Crippen molar-refractivity contribution in [2.75, 3.05) is 5.75 Å². The van der Waals surface area contributed by atoms with Crippen LogP contribution < -0.4 is 5.73 Å². The second-order valence-electron chi connectivity index (χ2n) is 4.82. The van der Waals surface area contributed by atoms with Crippen LogP contribution in [0.1, 0.15) is 56.2 Å². The van der Waals surface area contributed by atoms with Gasteiger partial charge in [0, 0.05) is 5.75 Å². The molecule has 0 aromatic heterocycles. The minimum absolute atomic E-state index is 0.261. The maximum atomic E-state index is 5.79. The highest BCUT2D eigenvalue weighted by atomic mass is 32.2. The Kier molecular flexibility index (Phi) is 4.70. The summed E-state index contributed by atoms with van der Waals surface area (Å²) in [5.74, 6) is 1.65. The molecule has 2 rings (SSSR count). The molecule has 2 unspecified atom stereocenters. The Morgan fingerprint density at radius 3 is 2.78 bits per heavy atom. The second kappa shape index (κ2) is 6.28. The summed E-state index contributed by atoms with van der Waals surface area (Å²) in [7, 11) is 0. The lowest BCUT2D eigenvalue weighted by Gasteiger charge is -2.20. The normalized spacial score (nSPS) is 20.8. The van der Waals surface area contributed by atoms with E-state index in [1.807, 2.05) is 0 Å². The van der Waals surface area contributed by atoms with Gasteiger partial charge in [-0.2, -0.15) is 0 Å². The van der Waals surface area contributed by atoms with Crippen LogP contribution in [-0.4, -0.2) is 10.9 Å². The Morgan fingerprint density at radius 2 is 2.17 bits per heavy atom. The van der Waals surface area contributed by atoms with E-state index in [1.54, 1.807) is 11.8 Å². The maximum Gasteiger partial charge on any atom is 0.154 e. The molecule has 0 bridgehead atoms. The summed E-state index contributed by atoms with van der Waals surface area (Å²) in [6.07, 6.45) is 3.69. The number of rotatable bonds is 5. The zero-order valence-corrected chi connectivity index (χ0v) is 12.0. The number of aliphatic imine (C=N–C) groups is 1. The van der Waals surface area contributed by atoms with Gasteiger partial charge >= 0.3 is 0 Å². The molecule has 3 heteroatoms. The van der Waals surface area contributed by atoms with E-state index in [9.17, 15) is 0 Å². The molecule has 0 spiro atoms. The van der Waals surface area contributed by atoms with Crippen molar-refractivity contribution < 1.29 is 0 Å². The monoisotopic (exact) mass is 262 g/mol. The van der Waals surface area contributed by atoms with E-state index in [1.165, 1.54) is 30.4 Å². The van der Waals surface area contributed by atoms with Crippen molar-refractivity contribution in [3.8, 4) is 0 Å². The molecule has 1 aromatic carbocycles. The van der Waals surface area contributed by atoms with E-state index in [0.29, 0.717) is 5.92 Å². The Labute approximate surface area is 114 Å². The summed E-state index contributed by atoms with van der Waals surface area (Å²) in [5, 5.41) is 0.735. The average Bonchev–Trinajstić information content (AvgIpc) is 2.82. The van der Waals surface area contributed by atoms with Gasteiger partial charge < -0.3 is 5.73 Å². The van der Waals surface area contributed by atoms with Gasteiger partial charge in [-0.25, -0.2) is 0 Å². The number of hydrogen-bond donors (Lipinski definition) is 1. The molecular weight excluding hydrogens is 240 g/mol. The van der Waals surface area contributed by atoms with Crippen LogP contribution in [0.4, 0.5) is 0 Å². The van der Waals surface area contributed by atoms with Crippen molar-refractivity contribution in [1.29, 1.82) is 0 Å². The van der Waals surface area contributed by atoms with Gasteiger partial charge in [-0.3, -0.25) is 4.99 Å². The van der Waals surface area contributed by atoms with Crippen molar-refractivity contribution in [1.82, 2.24) is 0 Å². The lowest BCUT2D eigenvalue weighted by molar-refractivity contribution is 0.586. The maximum absolute atomic E-state index is 5.79. The highest BCUT2D eigenvalue weighted by Gasteiger charge is 2.22. The lowest BCUT2D eigenvalue weighted by atomic mass is 9.87. The summed E-state index contributed by atoms with van der Waals surface area (Å²) in [6, 6.07) is 9.02. The van der Waals surface area contributed by atoms with Crippen LogP contribution in [0.25, 0.3) is 0 Å². The molecule has 1 heterocycles. The van der Waals surface area contributed by atoms with Gasteiger partial charge in [0.1, 0.15) is 0 Å². The molecule has 18 heavy (non-hydrogen) atoms. The summed E-state index contributed by atoms with van der Waals surface area (Å²) in [4.78, 5) is 4.55. The summed E-state index contributed by atoms with van der Waals surface area (Å²) in [5.41, 5.74) is 8.65. The van der Waals surface area contributed by atoms with Crippen LogP contribution >= 0.6 is 11.8 Å². The van der Waals surface area contributed by atoms with E-state index in [-0.39, 0.29) is 6.04 Å². The van der Waals surface area contributed by atoms with Crippen molar-refractivity contribution in [2.45, 2.75) is 45.1 Å². The van der Waals surface area contributed by atoms with Crippen LogP contribution in [0.15, 0.2) is 29.3 Å². The van der Waals surface area contributed by atoms with Crippen molar-refractivity contribution in [3.05, 3.63) is 35.4 Å². The number of nitrogens with zero attached hydrogens (tertiary/aromatic N) is 1. The fourth-order valence-electron chi connectivity index (χ4n) is 2.67. The molecule has 0 saturated carbocycles. The van der Waals surface area contributed by atoms with E-state index in [4.69, 9.17) is 5.73 Å². The first kappa shape index (κ1) is 13.5. The van der Waals surface area contributed by atoms with Crippen LogP contribution in [0.2, 0.25) is 0 Å². The molecule has 1 aromatic rings. The molecule has 0 aliphatic carbocycles. The van der Waals surface area contributed by atoms with E-state index < -0.39 is 0 Å². The van der Waals surface area contributed by atoms with Crippen molar-refractivity contribution in [3.63, 3.8) is 0 Å². The largest absolute Gasteiger partial charge is 0.379 e. The molecule has 0 fully saturated rings. The first-order valence-electron chi connectivity index (χ1n) is 6.81. The van der Waals surface area contributed by atoms with Gasteiger partial charge in [-0.1, -0.05) is 56.3 Å². The number of nitrogens with two attached hydrogens (primary N) is 1. The predicted molar refractivity (Wildman–Crippen MR) is 81.2 cm³/mol. The standard InChI is InChI=1S/C15H22N2S/c1-3-7-11(4-2)12-8-5-6-9-13(12)14-10-18-15(16)17-14/h5-6,8-9,11,14H,3-4,7,10H2,1-2H3,(H2,16,17). The van der Waals surface area contributed by atoms with Crippen molar-refractivity contribution >= 4 is 16.9 Å². The molecule has 0 radical (unpaired) electrons. The fraction of sp³-hybridized carbons (Fsp3) is 0.533. The Bertz CT molecular complexity index is 428. The first-order valence-corrected chi connectivity index (χ1v) is 7.79. The molecule has 2 nitrogen and oxygen atoms in total. The van der Waals surface area contributed by atoms with E-state index in [0.717, 1.165) is 10.9 Å². The number of thioether (sulfide) groups is 1. The minimum atomic E-state index is 0.261. The van der Waals surface area contributed by atoms with Crippen LogP contribution in [0.5, 0.6) is 0 Å². The third kappa shape index (κ3) is 2.89. The smallest absolute Gasteiger partial charge is 0.154 e. The number of amidine groups is 1. The van der Waals surface area contributed by atoms with Crippen molar-refractivity contribution in [2.24, 2.45) is 10.7 Å². The molecule has 2 N–H and O–H groups in total. The van der Waals surface area contributed by atoms with E-state index in [2.05, 4.69) is 43.1 Å². The highest BCUT2D eigenvalue weighted by Crippen LogP contribution is 2.36. The van der Waals surface area contributed by atoms with Gasteiger partial charge in [-0.15, -0.1) is 0 Å². The Morgan fingerprint density at radius 1 is 1.39 bits per heavy atom. The quantitative estimate of drug-likeness (QED) is 0.868. The summed E-state index contributed by atoms with van der Waals surface area (Å²) in [6.45, 7) is 4.53. The molecule has 1 aliphatic rings. The molecule has 2 atom stereocenters. The average molecular weight is 262 g/mol. The predicted octanol–water partition coefficient (Wildman–Crippen LogP) is 4.08. The fourth-order valence-corrected chi connectivity index (χ4v) is 3.45. The van der Waals surface area contributed by atoms with Crippen LogP contribution in [-0.2, 0) is 0 Å². The SMILES string of the molecule is CCCC(CC)c1ccccc1C1CSC(N)=N1. The molecule has 98 valence electrons. The Hall–Kier alpha value is -0.960. The third-order valence-electron chi connectivity index (χ3n) is 3.60. The van der Waals surface area contributed by atoms with Crippen LogP contribution in [0.3, 0.4) is 0 Å². The zero-order chi connectivity index (χ0) is 13.0. The second-order valence-corrected chi connectivity index (χ2v) is 5.86. The minimum Gasteiger partial charge on any atom is -0.379 e. The topological polar surface area (TPSA) is 38.4 Å². The Balaban J connectivity index is 2.30. The number of hydrogen-bond acceptors (Lipinski definition) is 3. The van der Waals surface area contributed by atoms with Gasteiger partial charge in [0.25, 0.3) is 0 Å². The molecule has 0 saturated heterocycles. The lowest BCUT2D eigenvalue weighted by Crippen LogP contribution is -2.06. The molecule has 1 aliphatic heterocycles. The highest BCUT2D eigenvalue weighted by molar-refractivity contribution is 8.14. The first-order chi connectivity index (χ1) is 8.76. The molecular formula is C15H22N2S. The van der Waals surface area contributed by atoms with E-state index >= 15 is 0 Å². The third-order valence-corrected chi connectivity index (χ3v) is 4.48.